The SMILES string of the molecule is CSc1nc(NN)cc(Oc2ccc(Cl)cc2C)n1. The molecule has 0 fully saturated rings. The third kappa shape index (κ3) is 3.50. The Kier molecular flexibility index (Phi) is 4.47. The number of benzene rings is 1. The van der Waals surface area contributed by atoms with E-state index >= 15 is 0 Å². The molecule has 19 heavy (non-hydrogen) atoms. The van der Waals surface area contributed by atoms with Crippen LogP contribution in [0.5, 0.6) is 11.6 Å². The number of nitrogens with one attached hydrogen (secondary N) is 1. The first-order valence-electron chi connectivity index (χ1n) is 5.46. The van der Waals surface area contributed by atoms with Crippen molar-refractivity contribution in [2.75, 3.05) is 11.7 Å². The summed E-state index contributed by atoms with van der Waals surface area (Å²) in [6.07, 6.45) is 1.88. The molecule has 3 N–H and O–H groups in total. The zero-order chi connectivity index (χ0) is 13.8. The van der Waals surface area contributed by atoms with Crippen LogP contribution in [-0.2, 0) is 0 Å². The molecular weight excluding hydrogens is 284 g/mol. The Labute approximate surface area is 120 Å². The molecule has 0 aliphatic carbocycles. The van der Waals surface area contributed by atoms with Crippen LogP contribution in [0.15, 0.2) is 29.4 Å². The quantitative estimate of drug-likeness (QED) is 0.390. The van der Waals surface area contributed by atoms with Gasteiger partial charge in [0.2, 0.25) is 5.88 Å². The van der Waals surface area contributed by atoms with E-state index in [1.165, 1.54) is 11.8 Å². The molecule has 1 aromatic heterocycles. The van der Waals surface area contributed by atoms with Crippen molar-refractivity contribution in [1.82, 2.24) is 9.97 Å². The Morgan fingerprint density at radius 2 is 2.11 bits per heavy atom. The van der Waals surface area contributed by atoms with E-state index in [4.69, 9.17) is 22.2 Å². The summed E-state index contributed by atoms with van der Waals surface area (Å²) >= 11 is 7.32. The third-order valence-corrected chi connectivity index (χ3v) is 3.15. The average molecular weight is 297 g/mol. The van der Waals surface area contributed by atoms with Gasteiger partial charge in [-0.15, -0.1) is 0 Å². The molecule has 0 bridgehead atoms. The van der Waals surface area contributed by atoms with Gasteiger partial charge in [-0.2, -0.15) is 4.98 Å². The van der Waals surface area contributed by atoms with Crippen molar-refractivity contribution in [2.24, 2.45) is 5.84 Å². The van der Waals surface area contributed by atoms with Gasteiger partial charge < -0.3 is 10.2 Å². The highest BCUT2D eigenvalue weighted by Crippen LogP contribution is 2.28. The van der Waals surface area contributed by atoms with Gasteiger partial charge in [0.15, 0.2) is 5.16 Å². The van der Waals surface area contributed by atoms with Gasteiger partial charge in [0.25, 0.3) is 0 Å². The zero-order valence-electron chi connectivity index (χ0n) is 10.5. The van der Waals surface area contributed by atoms with Gasteiger partial charge in [0.1, 0.15) is 11.6 Å². The molecule has 0 aliphatic rings. The first kappa shape index (κ1) is 13.9. The lowest BCUT2D eigenvalue weighted by Crippen LogP contribution is -2.09. The summed E-state index contributed by atoms with van der Waals surface area (Å²) in [5, 5.41) is 1.25. The number of nitrogens with zero attached hydrogens (tertiary/aromatic N) is 2. The number of thioether (sulfide) groups is 1. The molecule has 100 valence electrons. The van der Waals surface area contributed by atoms with E-state index in [1.54, 1.807) is 18.2 Å². The lowest BCUT2D eigenvalue weighted by atomic mass is 10.2. The minimum atomic E-state index is 0.428. The normalized spacial score (nSPS) is 10.3. The maximum absolute atomic E-state index is 5.90. The Bertz CT molecular complexity index is 572. The van der Waals surface area contributed by atoms with Crippen LogP contribution < -0.4 is 16.0 Å². The first-order valence-corrected chi connectivity index (χ1v) is 7.06. The van der Waals surface area contributed by atoms with Gasteiger partial charge in [0, 0.05) is 11.1 Å². The average Bonchev–Trinajstić information content (AvgIpc) is 2.41. The summed E-state index contributed by atoms with van der Waals surface area (Å²) in [7, 11) is 0. The second kappa shape index (κ2) is 6.10. The van der Waals surface area contributed by atoms with Crippen molar-refractivity contribution < 1.29 is 4.74 Å². The van der Waals surface area contributed by atoms with E-state index in [0.29, 0.717) is 27.6 Å². The van der Waals surface area contributed by atoms with Gasteiger partial charge in [-0.25, -0.2) is 10.8 Å². The summed E-state index contributed by atoms with van der Waals surface area (Å²) < 4.78 is 5.73. The Hall–Kier alpha value is -1.50. The van der Waals surface area contributed by atoms with Gasteiger partial charge in [-0.05, 0) is 36.9 Å². The number of rotatable bonds is 4. The van der Waals surface area contributed by atoms with E-state index in [2.05, 4.69) is 15.4 Å². The summed E-state index contributed by atoms with van der Waals surface area (Å²) in [6, 6.07) is 7.03. The smallest absolute Gasteiger partial charge is 0.225 e. The van der Waals surface area contributed by atoms with E-state index in [-0.39, 0.29) is 0 Å². The third-order valence-electron chi connectivity index (χ3n) is 2.36. The largest absolute Gasteiger partial charge is 0.439 e. The fraction of sp³-hybridized carbons (Fsp3) is 0.167. The number of hydrazine groups is 1. The van der Waals surface area contributed by atoms with Crippen molar-refractivity contribution in [3.05, 3.63) is 34.9 Å². The molecule has 5 nitrogen and oxygen atoms in total. The molecular formula is C12H13ClN4OS. The van der Waals surface area contributed by atoms with Crippen LogP contribution in [-0.4, -0.2) is 16.2 Å². The number of nitrogen functional groups attached to an aromatic ring is 1. The summed E-state index contributed by atoms with van der Waals surface area (Å²) in [6.45, 7) is 1.92. The van der Waals surface area contributed by atoms with E-state index in [9.17, 15) is 0 Å². The van der Waals surface area contributed by atoms with Crippen LogP contribution in [0.1, 0.15) is 5.56 Å². The van der Waals surface area contributed by atoms with E-state index in [0.717, 1.165) is 5.56 Å². The minimum absolute atomic E-state index is 0.428. The van der Waals surface area contributed by atoms with Crippen molar-refractivity contribution in [3.8, 4) is 11.6 Å². The molecule has 2 aromatic rings. The van der Waals surface area contributed by atoms with Crippen LogP contribution in [0, 0.1) is 6.92 Å². The summed E-state index contributed by atoms with van der Waals surface area (Å²) in [4.78, 5) is 8.42. The van der Waals surface area contributed by atoms with Crippen molar-refractivity contribution in [2.45, 2.75) is 12.1 Å². The Morgan fingerprint density at radius 1 is 1.32 bits per heavy atom. The monoisotopic (exact) mass is 296 g/mol. The van der Waals surface area contributed by atoms with Crippen molar-refractivity contribution in [3.63, 3.8) is 0 Å². The standard InChI is InChI=1S/C12H13ClN4OS/c1-7-5-8(13)3-4-9(7)18-11-6-10(17-14)15-12(16-11)19-2/h3-6H,14H2,1-2H3,(H,15,16,17). The number of aryl methyl sites for hydroxylation is 1. The minimum Gasteiger partial charge on any atom is -0.439 e. The van der Waals surface area contributed by atoms with Gasteiger partial charge in [-0.1, -0.05) is 23.4 Å². The van der Waals surface area contributed by atoms with E-state index < -0.39 is 0 Å². The number of anilines is 1. The van der Waals surface area contributed by atoms with Crippen LogP contribution in [0.25, 0.3) is 0 Å². The van der Waals surface area contributed by atoms with Crippen LogP contribution in [0.4, 0.5) is 5.82 Å². The highest BCUT2D eigenvalue weighted by Gasteiger charge is 2.07. The van der Waals surface area contributed by atoms with Gasteiger partial charge in [-0.3, -0.25) is 0 Å². The summed E-state index contributed by atoms with van der Waals surface area (Å²) in [5.41, 5.74) is 3.42. The molecule has 2 rings (SSSR count). The number of nitrogens with two attached hydrogens (primary N) is 1. The Morgan fingerprint density at radius 3 is 2.74 bits per heavy atom. The van der Waals surface area contributed by atoms with Crippen LogP contribution in [0.3, 0.4) is 0 Å². The second-order valence-electron chi connectivity index (χ2n) is 3.73. The topological polar surface area (TPSA) is 73.1 Å². The molecule has 7 heteroatoms. The molecule has 0 atom stereocenters. The predicted octanol–water partition coefficient (Wildman–Crippen LogP) is 3.24. The zero-order valence-corrected chi connectivity index (χ0v) is 12.0. The molecule has 1 heterocycles. The highest BCUT2D eigenvalue weighted by molar-refractivity contribution is 7.98. The molecule has 0 saturated carbocycles. The molecule has 1 aromatic carbocycles. The lowest BCUT2D eigenvalue weighted by molar-refractivity contribution is 0.453. The fourth-order valence-electron chi connectivity index (χ4n) is 1.46. The van der Waals surface area contributed by atoms with Crippen LogP contribution in [0.2, 0.25) is 5.02 Å². The highest BCUT2D eigenvalue weighted by atomic mass is 35.5. The summed E-state index contributed by atoms with van der Waals surface area (Å²) in [5.74, 6) is 6.98. The number of hydrogen-bond donors (Lipinski definition) is 2. The molecule has 0 spiro atoms. The number of aromatic nitrogens is 2. The lowest BCUT2D eigenvalue weighted by Gasteiger charge is -2.10. The fourth-order valence-corrected chi connectivity index (χ4v) is 2.06. The number of hydrogen-bond acceptors (Lipinski definition) is 6. The Balaban J connectivity index is 2.31. The predicted molar refractivity (Wildman–Crippen MR) is 77.9 cm³/mol. The van der Waals surface area contributed by atoms with Gasteiger partial charge in [0.05, 0.1) is 0 Å². The van der Waals surface area contributed by atoms with Crippen molar-refractivity contribution >= 4 is 29.2 Å². The van der Waals surface area contributed by atoms with Gasteiger partial charge >= 0.3 is 0 Å². The second-order valence-corrected chi connectivity index (χ2v) is 4.94. The molecule has 0 saturated heterocycles. The maximum Gasteiger partial charge on any atom is 0.225 e. The molecule has 0 radical (unpaired) electrons. The van der Waals surface area contributed by atoms with Crippen LogP contribution >= 0.6 is 23.4 Å². The van der Waals surface area contributed by atoms with Crippen molar-refractivity contribution in [1.29, 1.82) is 0 Å². The number of halogens is 1. The van der Waals surface area contributed by atoms with E-state index in [1.807, 2.05) is 19.2 Å². The number of ether oxygens (including phenoxy) is 1. The first-order chi connectivity index (χ1) is 9.12. The molecule has 0 unspecified atom stereocenters. The molecule has 0 aliphatic heterocycles. The molecule has 0 amide bonds. The maximum atomic E-state index is 5.90.